The minimum absolute atomic E-state index is 0.214. The molecule has 2 aromatic rings. The van der Waals surface area contributed by atoms with Gasteiger partial charge in [-0.05, 0) is 32.6 Å². The molecule has 0 spiro atoms. The molecule has 3 rings (SSSR count). The van der Waals surface area contributed by atoms with Crippen molar-refractivity contribution in [3.63, 3.8) is 0 Å². The lowest BCUT2D eigenvalue weighted by Gasteiger charge is -2.35. The first-order valence-corrected chi connectivity index (χ1v) is 8.87. The van der Waals surface area contributed by atoms with Gasteiger partial charge in [0.05, 0.1) is 26.8 Å². The quantitative estimate of drug-likeness (QED) is 0.902. The summed E-state index contributed by atoms with van der Waals surface area (Å²) in [5, 5.41) is 4.34. The van der Waals surface area contributed by atoms with E-state index in [0.717, 1.165) is 34.2 Å². The molecule has 5 heteroatoms. The Balaban J connectivity index is 1.92. The van der Waals surface area contributed by atoms with Gasteiger partial charge in [0.25, 0.3) is 0 Å². The molecule has 2 atom stereocenters. The summed E-state index contributed by atoms with van der Waals surface area (Å²) in [6, 6.07) is 0. The molecule has 108 valence electrons. The molecule has 0 aromatic carbocycles. The van der Waals surface area contributed by atoms with E-state index >= 15 is 0 Å². The summed E-state index contributed by atoms with van der Waals surface area (Å²) in [5.74, 6) is 0.702. The van der Waals surface area contributed by atoms with Crippen molar-refractivity contribution >= 4 is 22.7 Å². The molecule has 3 nitrogen and oxygen atoms in total. The minimum Gasteiger partial charge on any atom is -0.319 e. The van der Waals surface area contributed by atoms with Crippen LogP contribution in [0.3, 0.4) is 0 Å². The smallest absolute Gasteiger partial charge is 0.113 e. The average Bonchev–Trinajstić information content (AvgIpc) is 2.95. The first-order valence-electron chi connectivity index (χ1n) is 7.17. The minimum atomic E-state index is -0.214. The van der Waals surface area contributed by atoms with E-state index in [9.17, 15) is 0 Å². The molecule has 1 aliphatic rings. The summed E-state index contributed by atoms with van der Waals surface area (Å²) in [7, 11) is 0. The molecule has 0 radical (unpaired) electrons. The molecule has 0 saturated heterocycles. The summed E-state index contributed by atoms with van der Waals surface area (Å²) in [5.41, 5.74) is 8.56. The fourth-order valence-corrected chi connectivity index (χ4v) is 5.08. The van der Waals surface area contributed by atoms with Crippen LogP contribution in [0.1, 0.15) is 48.3 Å². The van der Waals surface area contributed by atoms with E-state index in [1.807, 2.05) is 6.92 Å². The molecule has 2 heterocycles. The summed E-state index contributed by atoms with van der Waals surface area (Å²) in [6.45, 7) is 6.40. The second-order valence-corrected chi connectivity index (χ2v) is 8.10. The summed E-state index contributed by atoms with van der Waals surface area (Å²) < 4.78 is 0. The topological polar surface area (TPSA) is 51.8 Å². The van der Waals surface area contributed by atoms with Gasteiger partial charge in [-0.25, -0.2) is 9.97 Å². The second-order valence-electron chi connectivity index (χ2n) is 6.04. The first kappa shape index (κ1) is 14.2. The van der Waals surface area contributed by atoms with E-state index in [2.05, 4.69) is 24.2 Å². The molecule has 1 aliphatic carbocycles. The van der Waals surface area contributed by atoms with Crippen molar-refractivity contribution < 1.29 is 0 Å². The number of aromatic nitrogens is 2. The van der Waals surface area contributed by atoms with Gasteiger partial charge in [0.1, 0.15) is 5.01 Å². The Morgan fingerprint density at radius 2 is 2.15 bits per heavy atom. The maximum Gasteiger partial charge on any atom is 0.113 e. The molecular formula is C15H21N3S2. The zero-order valence-corrected chi connectivity index (χ0v) is 13.9. The van der Waals surface area contributed by atoms with Gasteiger partial charge in [0.15, 0.2) is 0 Å². The third-order valence-corrected chi connectivity index (χ3v) is 6.26. The van der Waals surface area contributed by atoms with Crippen molar-refractivity contribution in [2.45, 2.75) is 52.0 Å². The van der Waals surface area contributed by atoms with E-state index in [0.29, 0.717) is 5.92 Å². The predicted molar refractivity (Wildman–Crippen MR) is 86.2 cm³/mol. The molecule has 0 amide bonds. The lowest BCUT2D eigenvalue weighted by Crippen LogP contribution is -2.40. The molecular weight excluding hydrogens is 286 g/mol. The number of thiazole rings is 2. The lowest BCUT2D eigenvalue weighted by atomic mass is 9.77. The number of nitrogens with zero attached hydrogens (tertiary/aromatic N) is 2. The number of hydrogen-bond acceptors (Lipinski definition) is 5. The Labute approximate surface area is 128 Å². The van der Waals surface area contributed by atoms with Gasteiger partial charge in [-0.2, -0.15) is 0 Å². The molecule has 1 fully saturated rings. The van der Waals surface area contributed by atoms with Crippen molar-refractivity contribution in [3.8, 4) is 10.6 Å². The Bertz CT molecular complexity index is 616. The van der Waals surface area contributed by atoms with Crippen molar-refractivity contribution in [1.29, 1.82) is 0 Å². The van der Waals surface area contributed by atoms with Gasteiger partial charge in [-0.15, -0.1) is 22.7 Å². The SMILES string of the molecule is Cc1nc(C)c(-c2csc(C3(N)CCCC(C)C3)n2)s1. The molecule has 2 N–H and O–H groups in total. The highest BCUT2D eigenvalue weighted by molar-refractivity contribution is 7.16. The Kier molecular flexibility index (Phi) is 3.69. The van der Waals surface area contributed by atoms with Crippen LogP contribution in [-0.4, -0.2) is 9.97 Å². The second kappa shape index (κ2) is 5.20. The number of nitrogens with two attached hydrogens (primary N) is 1. The fraction of sp³-hybridized carbons (Fsp3) is 0.600. The third-order valence-electron chi connectivity index (χ3n) is 4.10. The fourth-order valence-electron chi connectivity index (χ4n) is 3.16. The Morgan fingerprint density at radius 1 is 1.35 bits per heavy atom. The van der Waals surface area contributed by atoms with Gasteiger partial charge in [-0.3, -0.25) is 0 Å². The van der Waals surface area contributed by atoms with E-state index in [-0.39, 0.29) is 5.54 Å². The van der Waals surface area contributed by atoms with Gasteiger partial charge < -0.3 is 5.73 Å². The number of rotatable bonds is 2. The van der Waals surface area contributed by atoms with Crippen LogP contribution in [0.15, 0.2) is 5.38 Å². The lowest BCUT2D eigenvalue weighted by molar-refractivity contribution is 0.238. The van der Waals surface area contributed by atoms with Crippen LogP contribution in [0.2, 0.25) is 0 Å². The maximum atomic E-state index is 6.64. The zero-order chi connectivity index (χ0) is 14.3. The van der Waals surface area contributed by atoms with Crippen molar-refractivity contribution in [2.24, 2.45) is 11.7 Å². The van der Waals surface area contributed by atoms with E-state index in [1.54, 1.807) is 22.7 Å². The highest BCUT2D eigenvalue weighted by Crippen LogP contribution is 2.41. The van der Waals surface area contributed by atoms with Gasteiger partial charge in [0, 0.05) is 5.38 Å². The van der Waals surface area contributed by atoms with Crippen LogP contribution in [0.25, 0.3) is 10.6 Å². The number of aryl methyl sites for hydroxylation is 2. The molecule has 2 unspecified atom stereocenters. The highest BCUT2D eigenvalue weighted by atomic mass is 32.1. The van der Waals surface area contributed by atoms with E-state index in [4.69, 9.17) is 10.7 Å². The molecule has 0 aliphatic heterocycles. The van der Waals surface area contributed by atoms with Crippen molar-refractivity contribution in [3.05, 3.63) is 21.1 Å². The average molecular weight is 307 g/mol. The van der Waals surface area contributed by atoms with Crippen LogP contribution in [0.5, 0.6) is 0 Å². The molecule has 0 bridgehead atoms. The predicted octanol–water partition coefficient (Wildman–Crippen LogP) is 4.25. The van der Waals surface area contributed by atoms with Gasteiger partial charge >= 0.3 is 0 Å². The molecule has 1 saturated carbocycles. The normalized spacial score (nSPS) is 26.9. The zero-order valence-electron chi connectivity index (χ0n) is 12.3. The highest BCUT2D eigenvalue weighted by Gasteiger charge is 2.35. The summed E-state index contributed by atoms with van der Waals surface area (Å²) in [4.78, 5) is 10.5. The Morgan fingerprint density at radius 3 is 2.80 bits per heavy atom. The Hall–Kier alpha value is -0.780. The number of hydrogen-bond donors (Lipinski definition) is 1. The monoisotopic (exact) mass is 307 g/mol. The van der Waals surface area contributed by atoms with Crippen LogP contribution in [0, 0.1) is 19.8 Å². The summed E-state index contributed by atoms with van der Waals surface area (Å²) >= 11 is 3.43. The van der Waals surface area contributed by atoms with E-state index in [1.165, 1.54) is 17.7 Å². The van der Waals surface area contributed by atoms with Crippen molar-refractivity contribution in [2.75, 3.05) is 0 Å². The first-order chi connectivity index (χ1) is 9.48. The van der Waals surface area contributed by atoms with Gasteiger partial charge in [-0.1, -0.05) is 19.8 Å². The molecule has 2 aromatic heterocycles. The van der Waals surface area contributed by atoms with Crippen molar-refractivity contribution in [1.82, 2.24) is 9.97 Å². The summed E-state index contributed by atoms with van der Waals surface area (Å²) in [6.07, 6.45) is 4.63. The largest absolute Gasteiger partial charge is 0.319 e. The standard InChI is InChI=1S/C15H21N3S2/c1-9-5-4-6-15(16,7-9)14-18-12(8-19-14)13-10(2)17-11(3)20-13/h8-9H,4-7,16H2,1-3H3. The van der Waals surface area contributed by atoms with Crippen LogP contribution >= 0.6 is 22.7 Å². The molecule has 20 heavy (non-hydrogen) atoms. The third kappa shape index (κ3) is 2.54. The van der Waals surface area contributed by atoms with E-state index < -0.39 is 0 Å². The maximum absolute atomic E-state index is 6.64. The van der Waals surface area contributed by atoms with Crippen LogP contribution in [0.4, 0.5) is 0 Å². The van der Waals surface area contributed by atoms with Crippen LogP contribution in [-0.2, 0) is 5.54 Å². The van der Waals surface area contributed by atoms with Gasteiger partial charge in [0.2, 0.25) is 0 Å². The van der Waals surface area contributed by atoms with Crippen LogP contribution < -0.4 is 5.73 Å².